The van der Waals surface area contributed by atoms with E-state index in [4.69, 9.17) is 28.9 Å². The third-order valence-electron chi connectivity index (χ3n) is 11.6. The average molecular weight is 817 g/mol. The van der Waals surface area contributed by atoms with Crippen molar-refractivity contribution in [1.29, 1.82) is 5.26 Å². The van der Waals surface area contributed by atoms with E-state index in [0.717, 1.165) is 25.8 Å². The first-order valence-corrected chi connectivity index (χ1v) is 20.6. The summed E-state index contributed by atoms with van der Waals surface area (Å²) in [5.74, 6) is -0.202. The maximum atomic E-state index is 17.8. The van der Waals surface area contributed by atoms with Crippen LogP contribution < -0.4 is 15.0 Å². The molecule has 2 bridgehead atoms. The van der Waals surface area contributed by atoms with Gasteiger partial charge in [-0.05, 0) is 84.5 Å². The number of anilines is 2. The van der Waals surface area contributed by atoms with Crippen LogP contribution in [0.1, 0.15) is 83.9 Å². The average Bonchev–Trinajstić information content (AvgIpc) is 3.91. The zero-order valence-corrected chi connectivity index (χ0v) is 34.2. The maximum Gasteiger partial charge on any atom is 0.412 e. The Kier molecular flexibility index (Phi) is 9.21. The number of ether oxygens (including phenoxy) is 4. The number of nitrogens with one attached hydrogen (secondary N) is 1. The van der Waals surface area contributed by atoms with E-state index in [9.17, 15) is 19.2 Å². The number of aromatic nitrogens is 3. The Hall–Kier alpha value is -4.92. The molecule has 17 heteroatoms. The van der Waals surface area contributed by atoms with Gasteiger partial charge in [-0.1, -0.05) is 0 Å². The summed E-state index contributed by atoms with van der Waals surface area (Å²) >= 11 is 1.17. The van der Waals surface area contributed by atoms with Crippen molar-refractivity contribution in [3.8, 4) is 23.3 Å². The Morgan fingerprint density at radius 2 is 1.81 bits per heavy atom. The van der Waals surface area contributed by atoms with E-state index in [1.165, 1.54) is 11.3 Å². The minimum atomic E-state index is -0.960. The molecular weight excluding hydrogens is 771 g/mol. The summed E-state index contributed by atoms with van der Waals surface area (Å²) < 4.78 is 56.7. The summed E-state index contributed by atoms with van der Waals surface area (Å²) in [5.41, 5.74) is -0.190. The zero-order chi connectivity index (χ0) is 40.9. The number of piperazine rings is 1. The Morgan fingerprint density at radius 1 is 1.07 bits per heavy atom. The summed E-state index contributed by atoms with van der Waals surface area (Å²) in [4.78, 5) is 46.3. The third-order valence-corrected chi connectivity index (χ3v) is 12.7. The molecule has 5 aliphatic heterocycles. The summed E-state index contributed by atoms with van der Waals surface area (Å²) in [5, 5.41) is 14.3. The summed E-state index contributed by atoms with van der Waals surface area (Å²) in [6.45, 7) is 13.0. The predicted molar refractivity (Wildman–Crippen MR) is 212 cm³/mol. The molecule has 8 heterocycles. The van der Waals surface area contributed by atoms with E-state index in [1.807, 2.05) is 20.8 Å². The van der Waals surface area contributed by atoms with Gasteiger partial charge in [-0.2, -0.15) is 15.2 Å². The predicted octanol–water partition coefficient (Wildman–Crippen LogP) is 7.45. The second kappa shape index (κ2) is 13.8. The summed E-state index contributed by atoms with van der Waals surface area (Å²) in [7, 11) is 0. The SMILES string of the molecule is CC(C)(C)OC(=O)Nc1sc2ccnc(-c3c4c(c5c(N6C7CC6CN(C(=O)OC(C)(C)C)C7)nc(OC[C@@]67CCCN6C[C@H](F)C7)nc5c3F)COC4)c2c1C#N. The third kappa shape index (κ3) is 6.62. The summed E-state index contributed by atoms with van der Waals surface area (Å²) in [6.07, 6.45) is 2.32. The normalized spacial score (nSPS) is 24.1. The zero-order valence-electron chi connectivity index (χ0n) is 33.4. The quantitative estimate of drug-likeness (QED) is 0.206. The smallest absolute Gasteiger partial charge is 0.412 e. The van der Waals surface area contributed by atoms with Gasteiger partial charge in [0, 0.05) is 47.9 Å². The van der Waals surface area contributed by atoms with Gasteiger partial charge in [0.05, 0.1) is 47.5 Å². The van der Waals surface area contributed by atoms with E-state index in [1.54, 1.807) is 37.9 Å². The van der Waals surface area contributed by atoms with Gasteiger partial charge < -0.3 is 28.7 Å². The van der Waals surface area contributed by atoms with Crippen molar-refractivity contribution < 1.29 is 37.3 Å². The highest BCUT2D eigenvalue weighted by atomic mass is 32.1. The standard InChI is InChI=1S/C41H46F2N8O6S/c1-39(2,3)56-37(52)48-35-24(14-44)28-27(58-35)8-10-45-32(28)29-25-18-54-19-26(25)30-33(31(29)43)46-36(55-20-41-9-7-11-50(41)15-21(42)13-41)47-34(30)51-22-12-23(51)17-49(16-22)38(53)57-40(4,5)6/h8,10,21-23H,7,9,11-13,15-20H2,1-6H3,(H,48,52)/t21-,22?,23?,41+/m1/s1. The second-order valence-corrected chi connectivity index (χ2v) is 19.0. The summed E-state index contributed by atoms with van der Waals surface area (Å²) in [6, 6.07) is 3.64. The van der Waals surface area contributed by atoms with Gasteiger partial charge >= 0.3 is 18.2 Å². The number of piperidine rings is 1. The van der Waals surface area contributed by atoms with Crippen molar-refractivity contribution in [3.63, 3.8) is 0 Å². The van der Waals surface area contributed by atoms with Crippen LogP contribution in [-0.2, 0) is 27.4 Å². The van der Waals surface area contributed by atoms with Crippen LogP contribution in [-0.4, -0.2) is 105 Å². The number of likely N-dealkylation sites (tertiary alicyclic amines) is 1. The minimum absolute atomic E-state index is 0.00318. The van der Waals surface area contributed by atoms with Crippen LogP contribution >= 0.6 is 11.3 Å². The van der Waals surface area contributed by atoms with Crippen molar-refractivity contribution in [2.24, 2.45) is 0 Å². The monoisotopic (exact) mass is 816 g/mol. The van der Waals surface area contributed by atoms with Crippen LogP contribution in [0.2, 0.25) is 0 Å². The number of hydrogen-bond donors (Lipinski definition) is 1. The molecule has 1 aromatic carbocycles. The van der Waals surface area contributed by atoms with Gasteiger partial charge in [-0.25, -0.2) is 18.4 Å². The van der Waals surface area contributed by atoms with Crippen LogP contribution in [0.25, 0.3) is 32.2 Å². The number of amides is 2. The number of fused-ring (bicyclic) bond motifs is 7. The maximum absolute atomic E-state index is 17.8. The Labute approximate surface area is 338 Å². The van der Waals surface area contributed by atoms with Gasteiger partial charge in [-0.3, -0.25) is 15.2 Å². The number of carbonyl (C=O) groups excluding carboxylic acids is 2. The van der Waals surface area contributed by atoms with Crippen molar-refractivity contribution in [2.45, 2.75) is 115 Å². The van der Waals surface area contributed by atoms with Crippen LogP contribution in [0.4, 0.5) is 29.2 Å². The number of halogens is 2. The van der Waals surface area contributed by atoms with Crippen LogP contribution in [0.15, 0.2) is 12.3 Å². The van der Waals surface area contributed by atoms with E-state index < -0.39 is 34.8 Å². The highest BCUT2D eigenvalue weighted by molar-refractivity contribution is 7.23. The topological polar surface area (TPSA) is 155 Å². The fourth-order valence-electron chi connectivity index (χ4n) is 9.39. The van der Waals surface area contributed by atoms with Crippen molar-refractivity contribution in [1.82, 2.24) is 24.8 Å². The first-order chi connectivity index (χ1) is 27.5. The number of nitriles is 1. The van der Waals surface area contributed by atoms with Gasteiger partial charge in [0.1, 0.15) is 46.4 Å². The fraction of sp³-hybridized carbons (Fsp3) is 0.561. The molecule has 4 atom stereocenters. The molecule has 4 fully saturated rings. The molecule has 9 rings (SSSR count). The van der Waals surface area contributed by atoms with Crippen LogP contribution in [0.5, 0.6) is 6.01 Å². The van der Waals surface area contributed by atoms with Gasteiger partial charge in [0.2, 0.25) is 0 Å². The molecule has 2 unspecified atom stereocenters. The Bertz CT molecular complexity index is 2400. The number of rotatable bonds is 6. The largest absolute Gasteiger partial charge is 0.461 e. The van der Waals surface area contributed by atoms with E-state index in [2.05, 4.69) is 26.2 Å². The van der Waals surface area contributed by atoms with E-state index in [-0.39, 0.29) is 71.3 Å². The molecule has 306 valence electrons. The highest BCUT2D eigenvalue weighted by Crippen LogP contribution is 2.49. The molecule has 4 aromatic rings. The molecule has 4 saturated heterocycles. The molecule has 0 radical (unpaired) electrons. The lowest BCUT2D eigenvalue weighted by Crippen LogP contribution is -2.70. The molecule has 3 aromatic heterocycles. The number of alkyl halides is 1. The van der Waals surface area contributed by atoms with Gasteiger partial charge in [-0.15, -0.1) is 11.3 Å². The molecule has 0 aliphatic carbocycles. The highest BCUT2D eigenvalue weighted by Gasteiger charge is 2.51. The lowest BCUT2D eigenvalue weighted by molar-refractivity contribution is 0.00841. The van der Waals surface area contributed by atoms with Gasteiger partial charge in [0.25, 0.3) is 0 Å². The lowest BCUT2D eigenvalue weighted by atomic mass is 9.86. The van der Waals surface area contributed by atoms with Crippen molar-refractivity contribution in [3.05, 3.63) is 34.8 Å². The number of thiophene rings is 1. The molecule has 14 nitrogen and oxygen atoms in total. The molecule has 1 N–H and O–H groups in total. The molecule has 0 spiro atoms. The lowest BCUT2D eigenvalue weighted by Gasteiger charge is -2.56. The fourth-order valence-corrected chi connectivity index (χ4v) is 10.4. The van der Waals surface area contributed by atoms with E-state index in [0.29, 0.717) is 58.5 Å². The number of benzene rings is 1. The van der Waals surface area contributed by atoms with Crippen LogP contribution in [0, 0.1) is 17.1 Å². The Morgan fingerprint density at radius 3 is 2.53 bits per heavy atom. The Balaban J connectivity index is 1.17. The molecule has 0 saturated carbocycles. The number of nitrogens with zero attached hydrogens (tertiary/aromatic N) is 7. The first-order valence-electron chi connectivity index (χ1n) is 19.8. The first kappa shape index (κ1) is 38.6. The molecule has 5 aliphatic rings. The molecular formula is C41H46F2N8O6S. The minimum Gasteiger partial charge on any atom is -0.461 e. The van der Waals surface area contributed by atoms with Crippen molar-refractivity contribution >= 4 is 55.3 Å². The molecule has 2 amide bonds. The van der Waals surface area contributed by atoms with Crippen LogP contribution in [0.3, 0.4) is 0 Å². The van der Waals surface area contributed by atoms with Crippen molar-refractivity contribution in [2.75, 3.05) is 43.0 Å². The van der Waals surface area contributed by atoms with E-state index >= 15 is 4.39 Å². The molecule has 58 heavy (non-hydrogen) atoms. The van der Waals surface area contributed by atoms with Gasteiger partial charge in [0.15, 0.2) is 5.82 Å². The second-order valence-electron chi connectivity index (χ2n) is 18.0. The number of carbonyl (C=O) groups is 2. The number of hydrogen-bond acceptors (Lipinski definition) is 13. The number of pyridine rings is 1.